The Morgan fingerprint density at radius 3 is 2.55 bits per heavy atom. The number of allylic oxidation sites excluding steroid dienone is 1. The molecule has 2 rings (SSSR count). The fourth-order valence-corrected chi connectivity index (χ4v) is 2.95. The summed E-state index contributed by atoms with van der Waals surface area (Å²) < 4.78 is 10.8. The molecule has 2 bridgehead atoms. The monoisotopic (exact) mass is 304 g/mol. The maximum absolute atomic E-state index is 12.3. The van der Waals surface area contributed by atoms with Gasteiger partial charge in [0.1, 0.15) is 18.4 Å². The molecule has 1 saturated heterocycles. The summed E-state index contributed by atoms with van der Waals surface area (Å²) in [6, 6.07) is 0. The molecular formula is C17H20O5. The SMILES string of the molecule is C#C/C=C(/COC(=O)C1C2C=CC(O2)C1C(=O)O)CC(C)C. The smallest absolute Gasteiger partial charge is 0.313 e. The molecule has 0 saturated carbocycles. The third-order valence-electron chi connectivity index (χ3n) is 3.81. The van der Waals surface area contributed by atoms with Crippen LogP contribution in [0.5, 0.6) is 0 Å². The highest BCUT2D eigenvalue weighted by Crippen LogP contribution is 2.40. The summed E-state index contributed by atoms with van der Waals surface area (Å²) in [5.41, 5.74) is 0.845. The standard InChI is InChI=1S/C17H20O5/c1-4-5-11(8-10(2)3)9-21-17(20)15-13-7-6-12(22-13)14(15)16(18)19/h1,5-7,10,12-15H,8-9H2,2-3H3,(H,18,19)/b11-5+. The van der Waals surface area contributed by atoms with Crippen molar-refractivity contribution in [3.8, 4) is 12.3 Å². The number of hydrogen-bond acceptors (Lipinski definition) is 4. The molecule has 0 aromatic rings. The van der Waals surface area contributed by atoms with Crippen LogP contribution < -0.4 is 0 Å². The van der Waals surface area contributed by atoms with Gasteiger partial charge in [-0.15, -0.1) is 6.42 Å². The average Bonchev–Trinajstić information content (AvgIpc) is 3.04. The minimum Gasteiger partial charge on any atom is -0.481 e. The quantitative estimate of drug-likeness (QED) is 0.460. The minimum absolute atomic E-state index is 0.0884. The molecule has 2 aliphatic rings. The van der Waals surface area contributed by atoms with Crippen molar-refractivity contribution < 1.29 is 24.2 Å². The number of rotatable bonds is 6. The molecule has 2 heterocycles. The predicted octanol–water partition coefficient (Wildman–Crippen LogP) is 1.79. The first-order valence-corrected chi connectivity index (χ1v) is 7.31. The molecule has 5 heteroatoms. The summed E-state index contributed by atoms with van der Waals surface area (Å²) in [5.74, 6) is -0.437. The Kier molecular flexibility index (Phi) is 5.04. The first-order chi connectivity index (χ1) is 10.4. The van der Waals surface area contributed by atoms with Gasteiger partial charge in [0.15, 0.2) is 0 Å². The van der Waals surface area contributed by atoms with Crippen molar-refractivity contribution in [3.05, 3.63) is 23.8 Å². The predicted molar refractivity (Wildman–Crippen MR) is 79.7 cm³/mol. The lowest BCUT2D eigenvalue weighted by atomic mass is 9.83. The lowest BCUT2D eigenvalue weighted by Gasteiger charge is -2.20. The van der Waals surface area contributed by atoms with Crippen LogP contribution in [0, 0.1) is 30.1 Å². The van der Waals surface area contributed by atoms with Crippen molar-refractivity contribution in [2.75, 3.05) is 6.61 Å². The van der Waals surface area contributed by atoms with Crippen LogP contribution in [-0.4, -0.2) is 35.9 Å². The largest absolute Gasteiger partial charge is 0.481 e. The Hall–Kier alpha value is -2.06. The second-order valence-electron chi connectivity index (χ2n) is 6.01. The van der Waals surface area contributed by atoms with Gasteiger partial charge in [0.25, 0.3) is 0 Å². The summed E-state index contributed by atoms with van der Waals surface area (Å²) in [4.78, 5) is 23.6. The van der Waals surface area contributed by atoms with Crippen molar-refractivity contribution in [1.29, 1.82) is 0 Å². The fourth-order valence-electron chi connectivity index (χ4n) is 2.95. The Morgan fingerprint density at radius 2 is 2.00 bits per heavy atom. The number of ether oxygens (including phenoxy) is 2. The van der Waals surface area contributed by atoms with Crippen molar-refractivity contribution in [1.82, 2.24) is 0 Å². The van der Waals surface area contributed by atoms with Crippen LogP contribution in [0.4, 0.5) is 0 Å². The zero-order valence-electron chi connectivity index (χ0n) is 12.7. The maximum Gasteiger partial charge on any atom is 0.313 e. The van der Waals surface area contributed by atoms with Crippen LogP contribution >= 0.6 is 0 Å². The van der Waals surface area contributed by atoms with E-state index >= 15 is 0 Å². The van der Waals surface area contributed by atoms with Gasteiger partial charge in [0.05, 0.1) is 12.2 Å². The van der Waals surface area contributed by atoms with E-state index in [2.05, 4.69) is 5.92 Å². The van der Waals surface area contributed by atoms with Gasteiger partial charge in [-0.3, -0.25) is 9.59 Å². The van der Waals surface area contributed by atoms with Gasteiger partial charge >= 0.3 is 11.9 Å². The van der Waals surface area contributed by atoms with Crippen LogP contribution in [0.2, 0.25) is 0 Å². The highest BCUT2D eigenvalue weighted by atomic mass is 16.5. The van der Waals surface area contributed by atoms with E-state index in [1.165, 1.54) is 0 Å². The average molecular weight is 304 g/mol. The van der Waals surface area contributed by atoms with E-state index in [9.17, 15) is 14.7 Å². The van der Waals surface area contributed by atoms with Crippen molar-refractivity contribution in [2.24, 2.45) is 17.8 Å². The number of fused-ring (bicyclic) bond motifs is 2. The van der Waals surface area contributed by atoms with E-state index in [0.717, 1.165) is 12.0 Å². The number of terminal acetylenes is 1. The number of carboxylic acid groups (broad SMARTS) is 1. The first-order valence-electron chi connectivity index (χ1n) is 7.31. The first kappa shape index (κ1) is 16.3. The number of carboxylic acids is 1. The van der Waals surface area contributed by atoms with E-state index in [1.54, 1.807) is 18.2 Å². The van der Waals surface area contributed by atoms with Crippen molar-refractivity contribution >= 4 is 11.9 Å². The van der Waals surface area contributed by atoms with E-state index in [-0.39, 0.29) is 6.61 Å². The zero-order chi connectivity index (χ0) is 16.3. The van der Waals surface area contributed by atoms with Crippen molar-refractivity contribution in [3.63, 3.8) is 0 Å². The molecule has 4 atom stereocenters. The molecule has 22 heavy (non-hydrogen) atoms. The van der Waals surface area contributed by atoms with Gasteiger partial charge < -0.3 is 14.6 Å². The summed E-state index contributed by atoms with van der Waals surface area (Å²) in [6.07, 6.45) is 9.96. The Morgan fingerprint density at radius 1 is 1.36 bits per heavy atom. The lowest BCUT2D eigenvalue weighted by molar-refractivity contribution is -0.156. The highest BCUT2D eigenvalue weighted by molar-refractivity contribution is 5.84. The van der Waals surface area contributed by atoms with Crippen LogP contribution in [0.1, 0.15) is 20.3 Å². The van der Waals surface area contributed by atoms with Crippen LogP contribution in [0.25, 0.3) is 0 Å². The van der Waals surface area contributed by atoms with E-state index in [0.29, 0.717) is 5.92 Å². The van der Waals surface area contributed by atoms with Crippen LogP contribution in [0.15, 0.2) is 23.8 Å². The topological polar surface area (TPSA) is 72.8 Å². The van der Waals surface area contributed by atoms with Crippen LogP contribution in [0.3, 0.4) is 0 Å². The van der Waals surface area contributed by atoms with E-state index < -0.39 is 36.0 Å². The molecule has 0 radical (unpaired) electrons. The molecule has 0 aromatic heterocycles. The van der Waals surface area contributed by atoms with Gasteiger partial charge in [-0.25, -0.2) is 0 Å². The number of carbonyl (C=O) groups is 2. The second-order valence-corrected chi connectivity index (χ2v) is 6.01. The van der Waals surface area contributed by atoms with Gasteiger partial charge in [0, 0.05) is 0 Å². The summed E-state index contributed by atoms with van der Waals surface area (Å²) >= 11 is 0. The lowest BCUT2D eigenvalue weighted by Crippen LogP contribution is -2.37. The summed E-state index contributed by atoms with van der Waals surface area (Å²) in [7, 11) is 0. The highest BCUT2D eigenvalue weighted by Gasteiger charge is 2.54. The van der Waals surface area contributed by atoms with E-state index in [1.807, 2.05) is 13.8 Å². The Balaban J connectivity index is 2.00. The molecule has 1 N–H and O–H groups in total. The Bertz CT molecular complexity index is 552. The number of esters is 1. The molecule has 2 aliphatic heterocycles. The number of carbonyl (C=O) groups excluding carboxylic acids is 1. The molecule has 0 aliphatic carbocycles. The summed E-state index contributed by atoms with van der Waals surface area (Å²) in [5, 5.41) is 9.28. The molecule has 1 fully saturated rings. The van der Waals surface area contributed by atoms with Crippen molar-refractivity contribution in [2.45, 2.75) is 32.5 Å². The minimum atomic E-state index is -1.04. The molecule has 5 nitrogen and oxygen atoms in total. The van der Waals surface area contributed by atoms with Gasteiger partial charge in [0.2, 0.25) is 0 Å². The van der Waals surface area contributed by atoms with Gasteiger partial charge in [-0.05, 0) is 24.0 Å². The number of hydrogen-bond donors (Lipinski definition) is 1. The normalized spacial score (nSPS) is 29.6. The zero-order valence-corrected chi connectivity index (χ0v) is 12.7. The molecule has 4 unspecified atom stereocenters. The van der Waals surface area contributed by atoms with Gasteiger partial charge in [-0.1, -0.05) is 31.9 Å². The third kappa shape index (κ3) is 3.40. The molecule has 0 aromatic carbocycles. The summed E-state index contributed by atoms with van der Waals surface area (Å²) in [6.45, 7) is 4.17. The number of aliphatic carboxylic acids is 1. The maximum atomic E-state index is 12.3. The van der Waals surface area contributed by atoms with Crippen LogP contribution in [-0.2, 0) is 19.1 Å². The fraction of sp³-hybridized carbons (Fsp3) is 0.529. The van der Waals surface area contributed by atoms with E-state index in [4.69, 9.17) is 15.9 Å². The third-order valence-corrected chi connectivity index (χ3v) is 3.81. The molecular weight excluding hydrogens is 284 g/mol. The molecule has 0 amide bonds. The molecule has 118 valence electrons. The Labute approximate surface area is 130 Å². The second kappa shape index (κ2) is 6.80. The molecule has 0 spiro atoms. The van der Waals surface area contributed by atoms with Gasteiger partial charge in [-0.2, -0.15) is 0 Å².